The molecule has 3 N–H and O–H groups in total. The second-order valence-corrected chi connectivity index (χ2v) is 8.82. The lowest BCUT2D eigenvalue weighted by Gasteiger charge is -2.51. The van der Waals surface area contributed by atoms with Crippen LogP contribution in [0.1, 0.15) is 34.1 Å². The fourth-order valence-corrected chi connectivity index (χ4v) is 4.81. The fourth-order valence-electron chi connectivity index (χ4n) is 2.60. The van der Waals surface area contributed by atoms with Gasteiger partial charge in [-0.2, -0.15) is 4.37 Å². The summed E-state index contributed by atoms with van der Waals surface area (Å²) in [4.78, 5) is 0.144. The summed E-state index contributed by atoms with van der Waals surface area (Å²) in [6.07, 6.45) is 1.04. The number of ether oxygens (including phenoxy) is 1. The maximum atomic E-state index is 12.1. The van der Waals surface area contributed by atoms with Crippen LogP contribution in [0.3, 0.4) is 0 Å². The third kappa shape index (κ3) is 2.89. The molecule has 0 aromatic carbocycles. The number of nitrogens with zero attached hydrogens (tertiary/aromatic N) is 1. The van der Waals surface area contributed by atoms with Crippen molar-refractivity contribution in [1.82, 2.24) is 4.37 Å². The molecule has 0 spiro atoms. The number of aromatic nitrogens is 1. The van der Waals surface area contributed by atoms with Crippen molar-refractivity contribution in [2.45, 2.75) is 51.2 Å². The SMILES string of the molecule is CCOC1CC(Nc2snc(N)c2S(=O)(=O)CC)C1(C)C. The smallest absolute Gasteiger partial charge is 0.184 e. The maximum Gasteiger partial charge on any atom is 0.184 e. The van der Waals surface area contributed by atoms with Crippen LogP contribution in [-0.2, 0) is 14.6 Å². The molecule has 0 bridgehead atoms. The molecular formula is C13H23N3O3S2. The van der Waals surface area contributed by atoms with E-state index in [0.717, 1.165) is 18.0 Å². The number of hydrogen-bond donors (Lipinski definition) is 2. The van der Waals surface area contributed by atoms with Gasteiger partial charge in [-0.15, -0.1) is 0 Å². The van der Waals surface area contributed by atoms with Gasteiger partial charge >= 0.3 is 0 Å². The van der Waals surface area contributed by atoms with Gasteiger partial charge < -0.3 is 15.8 Å². The highest BCUT2D eigenvalue weighted by atomic mass is 32.2. The Bertz CT molecular complexity index is 610. The highest BCUT2D eigenvalue weighted by Gasteiger charge is 2.49. The van der Waals surface area contributed by atoms with E-state index < -0.39 is 9.84 Å². The van der Waals surface area contributed by atoms with Crippen LogP contribution in [0, 0.1) is 5.41 Å². The molecular weight excluding hydrogens is 310 g/mol. The number of rotatable bonds is 6. The predicted octanol–water partition coefficient (Wildman–Crippen LogP) is 2.13. The van der Waals surface area contributed by atoms with E-state index in [-0.39, 0.29) is 34.0 Å². The summed E-state index contributed by atoms with van der Waals surface area (Å²) >= 11 is 1.11. The lowest BCUT2D eigenvalue weighted by Crippen LogP contribution is -2.58. The molecule has 0 aliphatic heterocycles. The molecule has 0 saturated heterocycles. The van der Waals surface area contributed by atoms with Crippen LogP contribution in [0.25, 0.3) is 0 Å². The Labute approximate surface area is 130 Å². The van der Waals surface area contributed by atoms with Crippen LogP contribution >= 0.6 is 11.5 Å². The number of anilines is 2. The van der Waals surface area contributed by atoms with Crippen molar-refractivity contribution in [2.75, 3.05) is 23.4 Å². The van der Waals surface area contributed by atoms with Gasteiger partial charge in [0.15, 0.2) is 15.7 Å². The second kappa shape index (κ2) is 5.73. The zero-order chi connectivity index (χ0) is 15.8. The van der Waals surface area contributed by atoms with Gasteiger partial charge in [-0.1, -0.05) is 20.8 Å². The van der Waals surface area contributed by atoms with Gasteiger partial charge in [-0.25, -0.2) is 8.42 Å². The van der Waals surface area contributed by atoms with Crippen LogP contribution in [0.4, 0.5) is 10.8 Å². The first kappa shape index (κ1) is 16.5. The zero-order valence-corrected chi connectivity index (χ0v) is 14.5. The molecule has 1 heterocycles. The van der Waals surface area contributed by atoms with Crippen molar-refractivity contribution >= 4 is 32.2 Å². The summed E-state index contributed by atoms with van der Waals surface area (Å²) in [5, 5.41) is 3.85. The molecule has 8 heteroatoms. The lowest BCUT2D eigenvalue weighted by molar-refractivity contribution is -0.0975. The quantitative estimate of drug-likeness (QED) is 0.828. The molecule has 2 rings (SSSR count). The van der Waals surface area contributed by atoms with Crippen molar-refractivity contribution in [2.24, 2.45) is 5.41 Å². The molecule has 0 radical (unpaired) electrons. The van der Waals surface area contributed by atoms with Crippen LogP contribution in [0.5, 0.6) is 0 Å². The van der Waals surface area contributed by atoms with Crippen LogP contribution in [-0.4, -0.2) is 37.3 Å². The Balaban J connectivity index is 2.20. The van der Waals surface area contributed by atoms with Gasteiger partial charge in [-0.05, 0) is 24.9 Å². The molecule has 6 nitrogen and oxygen atoms in total. The molecule has 1 saturated carbocycles. The van der Waals surface area contributed by atoms with E-state index in [0.29, 0.717) is 11.6 Å². The van der Waals surface area contributed by atoms with Crippen LogP contribution in [0.15, 0.2) is 4.90 Å². The van der Waals surface area contributed by atoms with Gasteiger partial charge in [-0.3, -0.25) is 0 Å². The van der Waals surface area contributed by atoms with Crippen LogP contribution in [0.2, 0.25) is 0 Å². The first-order valence-electron chi connectivity index (χ1n) is 7.10. The van der Waals surface area contributed by atoms with E-state index in [1.165, 1.54) is 0 Å². The fraction of sp³-hybridized carbons (Fsp3) is 0.769. The summed E-state index contributed by atoms with van der Waals surface area (Å²) in [6.45, 7) is 8.50. The van der Waals surface area contributed by atoms with Gasteiger partial charge in [0.2, 0.25) is 0 Å². The monoisotopic (exact) mass is 333 g/mol. The molecule has 2 atom stereocenters. The van der Waals surface area contributed by atoms with Gasteiger partial charge in [0.05, 0.1) is 11.9 Å². The van der Waals surface area contributed by atoms with Crippen molar-refractivity contribution in [3.05, 3.63) is 0 Å². The minimum absolute atomic E-state index is 0.0138. The Hall–Kier alpha value is -0.860. The number of nitrogen functional groups attached to an aromatic ring is 1. The van der Waals surface area contributed by atoms with E-state index >= 15 is 0 Å². The first-order chi connectivity index (χ1) is 9.74. The number of hydrogen-bond acceptors (Lipinski definition) is 7. The number of sulfone groups is 1. The third-order valence-corrected chi connectivity index (χ3v) is 6.93. The third-order valence-electron chi connectivity index (χ3n) is 4.22. The van der Waals surface area contributed by atoms with Crippen LogP contribution < -0.4 is 11.1 Å². The minimum atomic E-state index is -3.38. The Morgan fingerprint density at radius 3 is 2.67 bits per heavy atom. The summed E-state index contributed by atoms with van der Waals surface area (Å²) in [7, 11) is -3.38. The molecule has 1 aliphatic carbocycles. The normalized spacial score (nSPS) is 24.6. The Morgan fingerprint density at radius 2 is 2.14 bits per heavy atom. The van der Waals surface area contributed by atoms with Gasteiger partial charge in [0.25, 0.3) is 0 Å². The van der Waals surface area contributed by atoms with E-state index in [1.807, 2.05) is 6.92 Å². The average molecular weight is 333 g/mol. The molecule has 1 aliphatic rings. The Kier molecular flexibility index (Phi) is 4.51. The van der Waals surface area contributed by atoms with E-state index in [1.54, 1.807) is 6.92 Å². The largest absolute Gasteiger partial charge is 0.382 e. The highest BCUT2D eigenvalue weighted by Crippen LogP contribution is 2.46. The van der Waals surface area contributed by atoms with E-state index in [9.17, 15) is 8.42 Å². The molecule has 2 unspecified atom stereocenters. The van der Waals surface area contributed by atoms with E-state index in [4.69, 9.17) is 10.5 Å². The molecule has 21 heavy (non-hydrogen) atoms. The lowest BCUT2D eigenvalue weighted by atomic mass is 9.64. The van der Waals surface area contributed by atoms with Crippen molar-refractivity contribution in [3.8, 4) is 0 Å². The summed E-state index contributed by atoms with van der Waals surface area (Å²) in [5.74, 6) is 0.0998. The summed E-state index contributed by atoms with van der Waals surface area (Å²) in [5.41, 5.74) is 5.68. The van der Waals surface area contributed by atoms with Crippen molar-refractivity contribution < 1.29 is 13.2 Å². The molecule has 120 valence electrons. The van der Waals surface area contributed by atoms with E-state index in [2.05, 4.69) is 23.5 Å². The maximum absolute atomic E-state index is 12.1. The predicted molar refractivity (Wildman–Crippen MR) is 85.5 cm³/mol. The minimum Gasteiger partial charge on any atom is -0.382 e. The molecule has 1 aromatic heterocycles. The first-order valence-corrected chi connectivity index (χ1v) is 9.52. The van der Waals surface area contributed by atoms with Gasteiger partial charge in [0.1, 0.15) is 9.90 Å². The van der Waals surface area contributed by atoms with Crippen molar-refractivity contribution in [3.63, 3.8) is 0 Å². The second-order valence-electron chi connectivity index (χ2n) is 5.83. The highest BCUT2D eigenvalue weighted by molar-refractivity contribution is 7.91. The van der Waals surface area contributed by atoms with Crippen molar-refractivity contribution in [1.29, 1.82) is 0 Å². The summed E-state index contributed by atoms with van der Waals surface area (Å²) < 4.78 is 34.0. The standard InChI is InChI=1S/C13H23N3O3S2/c1-5-19-9-7-8(13(9,3)4)15-12-10(11(14)16-20-12)21(17,18)6-2/h8-9,15H,5-7H2,1-4H3,(H2,14,16). The topological polar surface area (TPSA) is 94.3 Å². The number of nitrogens with two attached hydrogens (primary N) is 1. The number of nitrogens with one attached hydrogen (secondary N) is 1. The summed E-state index contributed by atoms with van der Waals surface area (Å²) in [6, 6.07) is 0.153. The molecule has 1 aromatic rings. The average Bonchev–Trinajstić information content (AvgIpc) is 2.79. The van der Waals surface area contributed by atoms with Gasteiger partial charge in [0, 0.05) is 18.1 Å². The zero-order valence-electron chi connectivity index (χ0n) is 12.8. The molecule has 0 amide bonds. The Morgan fingerprint density at radius 1 is 1.48 bits per heavy atom. The molecule has 1 fully saturated rings.